The number of allylic oxidation sites excluding steroid dienone is 3. The number of rotatable bonds is 4. The maximum Gasteiger partial charge on any atom is 0.0928 e. The maximum atomic E-state index is 9.27. The molecule has 62 valence electrons. The van der Waals surface area contributed by atoms with Crippen molar-refractivity contribution in [2.24, 2.45) is 5.92 Å². The molecule has 0 aliphatic carbocycles. The molecule has 1 N–H and O–H groups in total. The van der Waals surface area contributed by atoms with E-state index in [4.69, 9.17) is 0 Å². The molecule has 0 saturated carbocycles. The van der Waals surface area contributed by atoms with Gasteiger partial charge in [-0.25, -0.2) is 0 Å². The van der Waals surface area contributed by atoms with Crippen molar-refractivity contribution >= 4 is 0 Å². The van der Waals surface area contributed by atoms with Crippen LogP contribution in [0.4, 0.5) is 0 Å². The van der Waals surface area contributed by atoms with Crippen LogP contribution in [0, 0.1) is 5.92 Å². The van der Waals surface area contributed by atoms with E-state index in [9.17, 15) is 5.11 Å². The first-order valence-electron chi connectivity index (χ1n) is 3.76. The molecule has 0 atom stereocenters. The highest BCUT2D eigenvalue weighted by atomic mass is 16.3. The quantitative estimate of drug-likeness (QED) is 0.484. The molecular weight excluding hydrogens is 136 g/mol. The van der Waals surface area contributed by atoms with Gasteiger partial charge in [0.2, 0.25) is 0 Å². The lowest BCUT2D eigenvalue weighted by molar-refractivity contribution is 0.393. The Morgan fingerprint density at radius 3 is 2.45 bits per heavy atom. The van der Waals surface area contributed by atoms with Crippen molar-refractivity contribution in [3.63, 3.8) is 0 Å². The van der Waals surface area contributed by atoms with Gasteiger partial charge in [-0.15, -0.1) is 0 Å². The van der Waals surface area contributed by atoms with E-state index in [1.54, 1.807) is 6.08 Å². The van der Waals surface area contributed by atoms with Gasteiger partial charge in [0.1, 0.15) is 0 Å². The highest BCUT2D eigenvalue weighted by molar-refractivity contribution is 5.17. The molecule has 0 bridgehead atoms. The normalized spacial score (nSPS) is 11.7. The van der Waals surface area contributed by atoms with Gasteiger partial charge in [-0.3, -0.25) is 0 Å². The number of hydrogen-bond acceptors (Lipinski definition) is 1. The van der Waals surface area contributed by atoms with E-state index < -0.39 is 0 Å². The van der Waals surface area contributed by atoms with E-state index in [0.29, 0.717) is 18.1 Å². The predicted molar refractivity (Wildman–Crippen MR) is 49.5 cm³/mol. The topological polar surface area (TPSA) is 20.2 Å². The summed E-state index contributed by atoms with van der Waals surface area (Å²) in [6, 6.07) is 0. The van der Waals surface area contributed by atoms with Crippen molar-refractivity contribution in [2.45, 2.75) is 20.3 Å². The van der Waals surface area contributed by atoms with Gasteiger partial charge in [0.15, 0.2) is 0 Å². The van der Waals surface area contributed by atoms with Crippen molar-refractivity contribution in [1.82, 2.24) is 0 Å². The van der Waals surface area contributed by atoms with E-state index >= 15 is 0 Å². The second-order valence-electron chi connectivity index (χ2n) is 2.94. The van der Waals surface area contributed by atoms with E-state index in [1.807, 2.05) is 19.9 Å². The van der Waals surface area contributed by atoms with Crippen LogP contribution in [0.1, 0.15) is 20.3 Å². The minimum atomic E-state index is 0.380. The number of aliphatic hydroxyl groups is 1. The summed E-state index contributed by atoms with van der Waals surface area (Å²) in [5, 5.41) is 9.27. The van der Waals surface area contributed by atoms with E-state index in [-0.39, 0.29) is 0 Å². The molecule has 0 aromatic rings. The first-order chi connectivity index (χ1) is 5.06. The molecule has 1 heteroatoms. The van der Waals surface area contributed by atoms with Crippen LogP contribution in [-0.4, -0.2) is 5.11 Å². The lowest BCUT2D eigenvalue weighted by Crippen LogP contribution is -1.87. The largest absolute Gasteiger partial charge is 0.512 e. The average Bonchev–Trinajstić information content (AvgIpc) is 1.85. The van der Waals surface area contributed by atoms with Crippen molar-refractivity contribution in [3.05, 3.63) is 36.6 Å². The lowest BCUT2D eigenvalue weighted by atomic mass is 10.1. The smallest absolute Gasteiger partial charge is 0.0928 e. The molecule has 0 unspecified atom stereocenters. The average molecular weight is 152 g/mol. The van der Waals surface area contributed by atoms with Crippen molar-refractivity contribution < 1.29 is 5.11 Å². The molecule has 0 heterocycles. The summed E-state index contributed by atoms with van der Waals surface area (Å²) < 4.78 is 0. The molecular formula is C10H16O. The standard InChI is InChI=1S/C10H16O/c1-5-9(4)7-10(11)6-8(2)3/h5-6,8,11H,1,4,7H2,2-3H3. The van der Waals surface area contributed by atoms with Crippen LogP contribution in [-0.2, 0) is 0 Å². The van der Waals surface area contributed by atoms with Gasteiger partial charge in [0.25, 0.3) is 0 Å². The summed E-state index contributed by atoms with van der Waals surface area (Å²) in [5.41, 5.74) is 0.847. The summed E-state index contributed by atoms with van der Waals surface area (Å²) in [5.74, 6) is 0.762. The molecule has 0 aromatic carbocycles. The van der Waals surface area contributed by atoms with Crippen molar-refractivity contribution in [1.29, 1.82) is 0 Å². The summed E-state index contributed by atoms with van der Waals surface area (Å²) in [6.07, 6.45) is 3.99. The Bertz CT molecular complexity index is 175. The monoisotopic (exact) mass is 152 g/mol. The fourth-order valence-corrected chi connectivity index (χ4v) is 0.749. The third kappa shape index (κ3) is 5.46. The summed E-state index contributed by atoms with van der Waals surface area (Å²) >= 11 is 0. The Morgan fingerprint density at radius 1 is 1.55 bits per heavy atom. The molecule has 0 amide bonds. The fourth-order valence-electron chi connectivity index (χ4n) is 0.749. The number of hydrogen-bond donors (Lipinski definition) is 1. The highest BCUT2D eigenvalue weighted by Gasteiger charge is 1.95. The Labute approximate surface area is 68.7 Å². The first kappa shape index (κ1) is 10.0. The fraction of sp³-hybridized carbons (Fsp3) is 0.400. The second-order valence-corrected chi connectivity index (χ2v) is 2.94. The van der Waals surface area contributed by atoms with E-state index in [0.717, 1.165) is 5.57 Å². The van der Waals surface area contributed by atoms with Gasteiger partial charge in [-0.05, 0) is 17.6 Å². The Kier molecular flexibility index (Phi) is 4.35. The highest BCUT2D eigenvalue weighted by Crippen LogP contribution is 2.09. The van der Waals surface area contributed by atoms with Crippen LogP contribution >= 0.6 is 0 Å². The summed E-state index contributed by atoms with van der Waals surface area (Å²) in [4.78, 5) is 0. The van der Waals surface area contributed by atoms with Gasteiger partial charge >= 0.3 is 0 Å². The second kappa shape index (κ2) is 4.78. The SMILES string of the molecule is C=CC(=C)CC(O)=CC(C)C. The van der Waals surface area contributed by atoms with Crippen molar-refractivity contribution in [3.8, 4) is 0 Å². The molecule has 0 rings (SSSR count). The van der Waals surface area contributed by atoms with Crippen LogP contribution < -0.4 is 0 Å². The molecule has 1 nitrogen and oxygen atoms in total. The predicted octanol–water partition coefficient (Wildman–Crippen LogP) is 3.22. The third-order valence-corrected chi connectivity index (χ3v) is 1.22. The van der Waals surface area contributed by atoms with Gasteiger partial charge in [-0.2, -0.15) is 0 Å². The summed E-state index contributed by atoms with van der Waals surface area (Å²) in [6.45, 7) is 11.3. The molecule has 0 aromatic heterocycles. The van der Waals surface area contributed by atoms with Crippen molar-refractivity contribution in [2.75, 3.05) is 0 Å². The zero-order valence-corrected chi connectivity index (χ0v) is 7.30. The first-order valence-corrected chi connectivity index (χ1v) is 3.76. The van der Waals surface area contributed by atoms with Gasteiger partial charge in [0.05, 0.1) is 5.76 Å². The third-order valence-electron chi connectivity index (χ3n) is 1.22. The Morgan fingerprint density at radius 2 is 2.09 bits per heavy atom. The van der Waals surface area contributed by atoms with Gasteiger partial charge < -0.3 is 5.11 Å². The molecule has 0 radical (unpaired) electrons. The summed E-state index contributed by atoms with van der Waals surface area (Å²) in [7, 11) is 0. The molecule has 0 fully saturated rings. The molecule has 11 heavy (non-hydrogen) atoms. The van der Waals surface area contributed by atoms with E-state index in [2.05, 4.69) is 13.2 Å². The number of aliphatic hydroxyl groups excluding tert-OH is 1. The zero-order chi connectivity index (χ0) is 8.85. The van der Waals surface area contributed by atoms with Gasteiger partial charge in [-0.1, -0.05) is 33.1 Å². The minimum absolute atomic E-state index is 0.380. The van der Waals surface area contributed by atoms with Crippen LogP contribution in [0.2, 0.25) is 0 Å². The minimum Gasteiger partial charge on any atom is -0.512 e. The maximum absolute atomic E-state index is 9.27. The molecule has 0 saturated heterocycles. The molecule has 0 aliphatic heterocycles. The molecule has 0 spiro atoms. The van der Waals surface area contributed by atoms with E-state index in [1.165, 1.54) is 0 Å². The Balaban J connectivity index is 3.95. The Hall–Kier alpha value is -0.980. The zero-order valence-electron chi connectivity index (χ0n) is 7.30. The van der Waals surface area contributed by atoms with Crippen LogP contribution in [0.25, 0.3) is 0 Å². The molecule has 0 aliphatic rings. The lowest BCUT2D eigenvalue weighted by Gasteiger charge is -2.01. The van der Waals surface area contributed by atoms with Crippen LogP contribution in [0.5, 0.6) is 0 Å². The van der Waals surface area contributed by atoms with Gasteiger partial charge in [0, 0.05) is 6.42 Å². The van der Waals surface area contributed by atoms with Crippen LogP contribution in [0.15, 0.2) is 36.6 Å². The van der Waals surface area contributed by atoms with Crippen LogP contribution in [0.3, 0.4) is 0 Å².